The second-order valence-corrected chi connectivity index (χ2v) is 12.2. The van der Waals surface area contributed by atoms with Crippen molar-refractivity contribution >= 4 is 33.0 Å². The van der Waals surface area contributed by atoms with Gasteiger partial charge in [-0.15, -0.1) is 0 Å². The van der Waals surface area contributed by atoms with Gasteiger partial charge in [-0.05, 0) is 47.5 Å². The Morgan fingerprint density at radius 2 is 1.54 bits per heavy atom. The van der Waals surface area contributed by atoms with Crippen LogP contribution in [0.3, 0.4) is 0 Å². The van der Waals surface area contributed by atoms with Crippen LogP contribution in [0.4, 0.5) is 5.69 Å². The number of pyridine rings is 1. The molecular weight excluding hydrogens is 562 g/mol. The first-order valence-electron chi connectivity index (χ1n) is 13.1. The third kappa shape index (κ3) is 5.47. The number of imidazole rings is 1. The summed E-state index contributed by atoms with van der Waals surface area (Å²) < 4.78 is 29.9. The molecule has 0 spiro atoms. The second-order valence-electron chi connectivity index (χ2n) is 9.86. The summed E-state index contributed by atoms with van der Waals surface area (Å²) in [5.41, 5.74) is 5.15. The maximum absolute atomic E-state index is 13.2. The molecule has 0 unspecified atom stereocenters. The molecule has 208 valence electrons. The number of halogens is 1. The van der Waals surface area contributed by atoms with Crippen LogP contribution in [0.1, 0.15) is 5.69 Å². The van der Waals surface area contributed by atoms with Crippen molar-refractivity contribution in [1.29, 1.82) is 0 Å². The molecular formula is C30H26ClN5O4S. The van der Waals surface area contributed by atoms with Gasteiger partial charge in [0.05, 0.1) is 21.2 Å². The first-order chi connectivity index (χ1) is 19.8. The van der Waals surface area contributed by atoms with Gasteiger partial charge in [-0.1, -0.05) is 54.1 Å². The molecule has 6 rings (SSSR count). The fraction of sp³-hybridized carbons (Fsp3) is 0.167. The van der Waals surface area contributed by atoms with Crippen LogP contribution in [0.25, 0.3) is 28.0 Å². The van der Waals surface area contributed by atoms with Crippen molar-refractivity contribution in [2.24, 2.45) is 0 Å². The third-order valence-electron chi connectivity index (χ3n) is 7.31. The summed E-state index contributed by atoms with van der Waals surface area (Å²) in [5, 5.41) is 11.8. The van der Waals surface area contributed by atoms with Gasteiger partial charge in [0.25, 0.3) is 5.69 Å². The lowest BCUT2D eigenvalue weighted by molar-refractivity contribution is -0.384. The van der Waals surface area contributed by atoms with Crippen LogP contribution in [-0.4, -0.2) is 58.1 Å². The van der Waals surface area contributed by atoms with Crippen molar-refractivity contribution < 1.29 is 13.3 Å². The van der Waals surface area contributed by atoms with Crippen molar-refractivity contribution in [3.63, 3.8) is 0 Å². The van der Waals surface area contributed by atoms with Gasteiger partial charge in [0.2, 0.25) is 10.0 Å². The largest absolute Gasteiger partial charge is 0.301 e. The fourth-order valence-electron chi connectivity index (χ4n) is 5.14. The summed E-state index contributed by atoms with van der Waals surface area (Å²) in [5.74, 6) is 0. The Labute approximate surface area is 242 Å². The van der Waals surface area contributed by atoms with E-state index in [1.165, 1.54) is 22.5 Å². The van der Waals surface area contributed by atoms with E-state index >= 15 is 0 Å². The number of non-ortho nitro benzene ring substituents is 1. The van der Waals surface area contributed by atoms with Crippen LogP contribution in [0.15, 0.2) is 102 Å². The van der Waals surface area contributed by atoms with Crippen LogP contribution >= 0.6 is 11.6 Å². The molecule has 0 radical (unpaired) electrons. The Balaban J connectivity index is 1.31. The molecule has 0 aliphatic carbocycles. The molecule has 9 nitrogen and oxygen atoms in total. The van der Waals surface area contributed by atoms with Crippen LogP contribution in [-0.2, 0) is 16.6 Å². The zero-order chi connectivity index (χ0) is 28.6. The molecule has 2 aromatic heterocycles. The lowest BCUT2D eigenvalue weighted by Crippen LogP contribution is -2.48. The summed E-state index contributed by atoms with van der Waals surface area (Å²) in [7, 11) is -3.61. The number of hydrogen-bond donors (Lipinski definition) is 0. The van der Waals surface area contributed by atoms with Crippen LogP contribution in [0.5, 0.6) is 0 Å². The van der Waals surface area contributed by atoms with Crippen molar-refractivity contribution in [2.45, 2.75) is 11.4 Å². The molecule has 1 saturated heterocycles. The minimum atomic E-state index is -3.61. The van der Waals surface area contributed by atoms with Gasteiger partial charge in [-0.2, -0.15) is 4.31 Å². The van der Waals surface area contributed by atoms with Gasteiger partial charge in [-0.25, -0.2) is 13.4 Å². The van der Waals surface area contributed by atoms with Crippen molar-refractivity contribution in [3.8, 4) is 22.4 Å². The number of nitrogens with zero attached hydrogens (tertiary/aromatic N) is 5. The first-order valence-corrected chi connectivity index (χ1v) is 14.9. The monoisotopic (exact) mass is 587 g/mol. The average molecular weight is 588 g/mol. The Hall–Kier alpha value is -4.09. The summed E-state index contributed by atoms with van der Waals surface area (Å²) >= 11 is 5.95. The zero-order valence-corrected chi connectivity index (χ0v) is 23.5. The van der Waals surface area contributed by atoms with E-state index in [1.807, 2.05) is 59.1 Å². The molecule has 0 N–H and O–H groups in total. The Kier molecular flexibility index (Phi) is 7.31. The van der Waals surface area contributed by atoms with Gasteiger partial charge in [0.1, 0.15) is 5.65 Å². The summed E-state index contributed by atoms with van der Waals surface area (Å²) in [6.45, 7) is 2.39. The third-order valence-corrected chi connectivity index (χ3v) is 9.48. The summed E-state index contributed by atoms with van der Waals surface area (Å²) in [4.78, 5) is 18.4. The highest BCUT2D eigenvalue weighted by molar-refractivity contribution is 7.89. The number of nitro groups is 1. The van der Waals surface area contributed by atoms with Crippen molar-refractivity contribution in [3.05, 3.63) is 118 Å². The predicted molar refractivity (Wildman–Crippen MR) is 158 cm³/mol. The minimum absolute atomic E-state index is 0.0323. The highest BCUT2D eigenvalue weighted by atomic mass is 35.5. The molecule has 5 aromatic rings. The van der Waals surface area contributed by atoms with Gasteiger partial charge in [0, 0.05) is 61.6 Å². The molecule has 1 aliphatic heterocycles. The van der Waals surface area contributed by atoms with E-state index in [1.54, 1.807) is 24.3 Å². The van der Waals surface area contributed by atoms with E-state index in [2.05, 4.69) is 4.90 Å². The quantitative estimate of drug-likeness (QED) is 0.178. The van der Waals surface area contributed by atoms with Crippen LogP contribution in [0.2, 0.25) is 5.02 Å². The molecule has 0 amide bonds. The second kappa shape index (κ2) is 11.1. The first kappa shape index (κ1) is 27.1. The Morgan fingerprint density at radius 3 is 2.24 bits per heavy atom. The highest BCUT2D eigenvalue weighted by Gasteiger charge is 2.29. The SMILES string of the molecule is O=[N+]([O-])c1cccc(-c2ccc3nc(-c4ccccc4)c(CN4CCN(S(=O)(=O)c5ccc(Cl)cc5)CC4)n3c2)c1. The van der Waals surface area contributed by atoms with E-state index in [0.29, 0.717) is 37.7 Å². The van der Waals surface area contributed by atoms with Gasteiger partial charge >= 0.3 is 0 Å². The zero-order valence-electron chi connectivity index (χ0n) is 21.9. The molecule has 11 heteroatoms. The smallest absolute Gasteiger partial charge is 0.270 e. The van der Waals surface area contributed by atoms with Gasteiger partial charge in [0.15, 0.2) is 0 Å². The number of sulfonamides is 1. The molecule has 0 saturated carbocycles. The van der Waals surface area contributed by atoms with E-state index in [-0.39, 0.29) is 10.6 Å². The van der Waals surface area contributed by atoms with E-state index in [4.69, 9.17) is 16.6 Å². The normalized spacial score (nSPS) is 14.9. The number of piperazine rings is 1. The van der Waals surface area contributed by atoms with E-state index < -0.39 is 14.9 Å². The predicted octanol–water partition coefficient (Wildman–Crippen LogP) is 5.74. The average Bonchev–Trinajstić information content (AvgIpc) is 3.35. The van der Waals surface area contributed by atoms with Crippen LogP contribution < -0.4 is 0 Å². The highest BCUT2D eigenvalue weighted by Crippen LogP contribution is 2.30. The molecule has 0 atom stereocenters. The van der Waals surface area contributed by atoms with Crippen molar-refractivity contribution in [2.75, 3.05) is 26.2 Å². The van der Waals surface area contributed by atoms with Crippen molar-refractivity contribution in [1.82, 2.24) is 18.6 Å². The Bertz CT molecular complexity index is 1830. The molecule has 41 heavy (non-hydrogen) atoms. The van der Waals surface area contributed by atoms with Crippen LogP contribution in [0, 0.1) is 10.1 Å². The minimum Gasteiger partial charge on any atom is -0.301 e. The molecule has 3 heterocycles. The van der Waals surface area contributed by atoms with Gasteiger partial charge in [-0.3, -0.25) is 15.0 Å². The lowest BCUT2D eigenvalue weighted by Gasteiger charge is -2.34. The number of fused-ring (bicyclic) bond motifs is 1. The Morgan fingerprint density at radius 1 is 0.829 bits per heavy atom. The molecule has 0 bridgehead atoms. The molecule has 1 aliphatic rings. The van der Waals surface area contributed by atoms with E-state index in [0.717, 1.165) is 33.7 Å². The lowest BCUT2D eigenvalue weighted by atomic mass is 10.1. The number of benzene rings is 3. The molecule has 1 fully saturated rings. The number of aromatic nitrogens is 2. The maximum Gasteiger partial charge on any atom is 0.270 e. The summed E-state index contributed by atoms with van der Waals surface area (Å²) in [6.07, 6.45) is 1.96. The fourth-order valence-corrected chi connectivity index (χ4v) is 6.69. The van der Waals surface area contributed by atoms with E-state index in [9.17, 15) is 18.5 Å². The number of hydrogen-bond acceptors (Lipinski definition) is 6. The summed E-state index contributed by atoms with van der Waals surface area (Å²) in [6, 6.07) is 26.6. The standard InChI is InChI=1S/C30H26ClN5O4S/c31-25-10-12-27(13-11-25)41(39,40)34-17-15-33(16-18-34)21-28-30(22-5-2-1-3-6-22)32-29-14-9-24(20-35(28)29)23-7-4-8-26(19-23)36(37)38/h1-14,19-20H,15-18,21H2. The number of nitro benzene ring substituents is 1. The maximum atomic E-state index is 13.2. The van der Waals surface area contributed by atoms with Gasteiger partial charge < -0.3 is 4.40 Å². The number of rotatable bonds is 7. The topological polar surface area (TPSA) is 101 Å². The molecule has 3 aromatic carbocycles.